The van der Waals surface area contributed by atoms with Gasteiger partial charge in [-0.05, 0) is 91.9 Å². The zero-order chi connectivity index (χ0) is 28.8. The molecule has 4 rings (SSSR count). The number of nitrogens with zero attached hydrogens (tertiary/aromatic N) is 1. The van der Waals surface area contributed by atoms with Crippen LogP contribution in [0.25, 0.3) is 6.08 Å². The minimum atomic E-state index is -0.836. The Morgan fingerprint density at radius 3 is 2.33 bits per heavy atom. The van der Waals surface area contributed by atoms with Crippen molar-refractivity contribution in [3.8, 4) is 17.2 Å². The van der Waals surface area contributed by atoms with Gasteiger partial charge in [0.25, 0.3) is 11.8 Å². The number of benzene rings is 3. The summed E-state index contributed by atoms with van der Waals surface area (Å²) in [6.45, 7) is 9.07. The van der Waals surface area contributed by atoms with Crippen molar-refractivity contribution < 1.29 is 28.6 Å². The van der Waals surface area contributed by atoms with Gasteiger partial charge in [-0.2, -0.15) is 0 Å². The van der Waals surface area contributed by atoms with E-state index >= 15 is 0 Å². The molecule has 1 fully saturated rings. The number of imide groups is 2. The highest BCUT2D eigenvalue weighted by Gasteiger charge is 2.37. The number of ether oxygens (including phenoxy) is 3. The van der Waals surface area contributed by atoms with E-state index in [1.165, 1.54) is 11.6 Å². The quantitative estimate of drug-likeness (QED) is 0.227. The molecule has 0 aromatic heterocycles. The van der Waals surface area contributed by atoms with Crippen LogP contribution in [0.2, 0.25) is 5.02 Å². The molecule has 1 N–H and O–H groups in total. The van der Waals surface area contributed by atoms with Gasteiger partial charge in [-0.1, -0.05) is 36.7 Å². The standard InChI is InChI=1S/C31H31ClN2O6/c1-5-13-39-24-11-9-23(10-12-24)34-30(36)25(29(35)33-31(34)37)15-22-16-26(32)28(27(17-22)38-6-2)40-18-21-8-7-19(3)20(4)14-21/h7-12,14-17H,5-6,13,18H2,1-4H3,(H,33,35,37)/b25-15-. The minimum absolute atomic E-state index is 0.228. The molecular formula is C31H31ClN2O6. The highest BCUT2D eigenvalue weighted by atomic mass is 35.5. The first-order chi connectivity index (χ1) is 19.2. The molecule has 0 atom stereocenters. The second kappa shape index (κ2) is 12.7. The summed E-state index contributed by atoms with van der Waals surface area (Å²) in [6, 6.07) is 14.9. The highest BCUT2D eigenvalue weighted by molar-refractivity contribution is 6.39. The number of urea groups is 1. The largest absolute Gasteiger partial charge is 0.494 e. The molecule has 40 heavy (non-hydrogen) atoms. The average molecular weight is 563 g/mol. The third-order valence-electron chi connectivity index (χ3n) is 6.27. The molecule has 9 heteroatoms. The van der Waals surface area contributed by atoms with Crippen LogP contribution < -0.4 is 24.4 Å². The number of carbonyl (C=O) groups is 3. The summed E-state index contributed by atoms with van der Waals surface area (Å²) >= 11 is 6.59. The first-order valence-electron chi connectivity index (χ1n) is 13.0. The monoisotopic (exact) mass is 562 g/mol. The van der Waals surface area contributed by atoms with Crippen LogP contribution in [0.1, 0.15) is 42.5 Å². The van der Waals surface area contributed by atoms with Crippen LogP contribution >= 0.6 is 11.6 Å². The Morgan fingerprint density at radius 1 is 0.900 bits per heavy atom. The van der Waals surface area contributed by atoms with Gasteiger partial charge in [-0.25, -0.2) is 9.69 Å². The number of barbiturate groups is 1. The Kier molecular flexibility index (Phi) is 9.11. The maximum atomic E-state index is 13.3. The molecule has 0 aliphatic carbocycles. The van der Waals surface area contributed by atoms with E-state index in [0.717, 1.165) is 22.4 Å². The molecule has 3 aromatic carbocycles. The van der Waals surface area contributed by atoms with Crippen molar-refractivity contribution in [3.63, 3.8) is 0 Å². The lowest BCUT2D eigenvalue weighted by atomic mass is 10.1. The molecule has 1 heterocycles. The average Bonchev–Trinajstić information content (AvgIpc) is 2.92. The van der Waals surface area contributed by atoms with Gasteiger partial charge in [0.05, 0.1) is 23.9 Å². The highest BCUT2D eigenvalue weighted by Crippen LogP contribution is 2.38. The number of amides is 4. The van der Waals surface area contributed by atoms with Gasteiger partial charge in [0.15, 0.2) is 11.5 Å². The van der Waals surface area contributed by atoms with E-state index < -0.39 is 17.8 Å². The second-order valence-electron chi connectivity index (χ2n) is 9.27. The number of nitrogens with one attached hydrogen (secondary N) is 1. The van der Waals surface area contributed by atoms with Gasteiger partial charge in [0, 0.05) is 0 Å². The molecule has 0 radical (unpaired) electrons. The van der Waals surface area contributed by atoms with Crippen LogP contribution in [0, 0.1) is 13.8 Å². The van der Waals surface area contributed by atoms with Crippen molar-refractivity contribution in [2.45, 2.75) is 40.7 Å². The van der Waals surface area contributed by atoms with Crippen LogP contribution in [0.3, 0.4) is 0 Å². The number of carbonyl (C=O) groups excluding carboxylic acids is 3. The van der Waals surface area contributed by atoms with Gasteiger partial charge < -0.3 is 14.2 Å². The number of anilines is 1. The maximum Gasteiger partial charge on any atom is 0.335 e. The molecule has 0 spiro atoms. The molecular weight excluding hydrogens is 532 g/mol. The van der Waals surface area contributed by atoms with Crippen molar-refractivity contribution >= 4 is 41.2 Å². The van der Waals surface area contributed by atoms with Crippen LogP contribution in [0.15, 0.2) is 60.2 Å². The lowest BCUT2D eigenvalue weighted by molar-refractivity contribution is -0.122. The number of rotatable bonds is 10. The van der Waals surface area contributed by atoms with E-state index in [2.05, 4.69) is 11.4 Å². The minimum Gasteiger partial charge on any atom is -0.494 e. The SMILES string of the molecule is CCCOc1ccc(N2C(=O)NC(=O)/C(=C/c3cc(Cl)c(OCc4ccc(C)c(C)c4)c(OCC)c3)C2=O)cc1. The van der Waals surface area contributed by atoms with Crippen LogP contribution in [-0.4, -0.2) is 31.1 Å². The third-order valence-corrected chi connectivity index (χ3v) is 6.55. The Labute approximate surface area is 238 Å². The molecule has 0 unspecified atom stereocenters. The topological polar surface area (TPSA) is 94.2 Å². The van der Waals surface area contributed by atoms with Crippen molar-refractivity contribution in [1.29, 1.82) is 0 Å². The molecule has 0 saturated carbocycles. The number of hydrogen-bond donors (Lipinski definition) is 1. The zero-order valence-electron chi connectivity index (χ0n) is 22.9. The van der Waals surface area contributed by atoms with E-state index in [4.69, 9.17) is 25.8 Å². The van der Waals surface area contributed by atoms with Crippen LogP contribution in [0.5, 0.6) is 17.2 Å². The predicted molar refractivity (Wildman–Crippen MR) is 154 cm³/mol. The summed E-state index contributed by atoms with van der Waals surface area (Å²) in [5.74, 6) is -0.242. The fourth-order valence-electron chi connectivity index (χ4n) is 4.09. The fourth-order valence-corrected chi connectivity index (χ4v) is 4.37. The first kappa shape index (κ1) is 28.7. The summed E-state index contributed by atoms with van der Waals surface area (Å²) in [4.78, 5) is 39.5. The zero-order valence-corrected chi connectivity index (χ0v) is 23.6. The number of halogens is 1. The van der Waals surface area contributed by atoms with Gasteiger partial charge >= 0.3 is 6.03 Å². The lowest BCUT2D eigenvalue weighted by Gasteiger charge is -2.26. The second-order valence-corrected chi connectivity index (χ2v) is 9.68. The predicted octanol–water partition coefficient (Wildman–Crippen LogP) is 6.39. The summed E-state index contributed by atoms with van der Waals surface area (Å²) in [7, 11) is 0. The van der Waals surface area contributed by atoms with E-state index in [-0.39, 0.29) is 17.2 Å². The molecule has 1 saturated heterocycles. The summed E-state index contributed by atoms with van der Waals surface area (Å²) < 4.78 is 17.4. The number of aryl methyl sites for hydroxylation is 2. The summed E-state index contributed by atoms with van der Waals surface area (Å²) in [5.41, 5.74) is 3.83. The molecule has 0 bridgehead atoms. The van der Waals surface area contributed by atoms with E-state index in [1.54, 1.807) is 36.4 Å². The Bertz CT molecular complexity index is 1470. The van der Waals surface area contributed by atoms with E-state index in [9.17, 15) is 14.4 Å². The molecule has 4 amide bonds. The third kappa shape index (κ3) is 6.46. The molecule has 3 aromatic rings. The van der Waals surface area contributed by atoms with Gasteiger partial charge in [0.1, 0.15) is 17.9 Å². The first-order valence-corrected chi connectivity index (χ1v) is 13.4. The fraction of sp³-hybridized carbons (Fsp3) is 0.258. The maximum absolute atomic E-state index is 13.3. The van der Waals surface area contributed by atoms with Crippen molar-refractivity contribution in [3.05, 3.63) is 87.4 Å². The van der Waals surface area contributed by atoms with Crippen molar-refractivity contribution in [2.75, 3.05) is 18.1 Å². The molecule has 1 aliphatic heterocycles. The van der Waals surface area contributed by atoms with Gasteiger partial charge in [0.2, 0.25) is 0 Å². The Hall–Kier alpha value is -4.30. The van der Waals surface area contributed by atoms with Crippen LogP contribution in [-0.2, 0) is 16.2 Å². The lowest BCUT2D eigenvalue weighted by Crippen LogP contribution is -2.54. The van der Waals surface area contributed by atoms with E-state index in [0.29, 0.717) is 41.7 Å². The van der Waals surface area contributed by atoms with Gasteiger partial charge in [-0.3, -0.25) is 14.9 Å². The molecule has 208 valence electrons. The Balaban J connectivity index is 1.61. The normalized spacial score (nSPS) is 14.4. The van der Waals surface area contributed by atoms with Crippen LogP contribution in [0.4, 0.5) is 10.5 Å². The molecule has 1 aliphatic rings. The molecule has 8 nitrogen and oxygen atoms in total. The smallest absolute Gasteiger partial charge is 0.335 e. The number of hydrogen-bond acceptors (Lipinski definition) is 6. The summed E-state index contributed by atoms with van der Waals surface area (Å²) in [5, 5.41) is 2.48. The van der Waals surface area contributed by atoms with E-state index in [1.807, 2.05) is 39.8 Å². The summed E-state index contributed by atoms with van der Waals surface area (Å²) in [6.07, 6.45) is 2.22. The Morgan fingerprint density at radius 2 is 1.65 bits per heavy atom. The van der Waals surface area contributed by atoms with Crippen molar-refractivity contribution in [2.24, 2.45) is 0 Å². The van der Waals surface area contributed by atoms with Crippen molar-refractivity contribution in [1.82, 2.24) is 5.32 Å². The van der Waals surface area contributed by atoms with Gasteiger partial charge in [-0.15, -0.1) is 0 Å².